The summed E-state index contributed by atoms with van der Waals surface area (Å²) in [6, 6.07) is 13.4. The Hall–Kier alpha value is -2.57. The summed E-state index contributed by atoms with van der Waals surface area (Å²) >= 11 is 6.39. The van der Waals surface area contributed by atoms with Gasteiger partial charge in [0.15, 0.2) is 0 Å². The Labute approximate surface area is 155 Å². The van der Waals surface area contributed by atoms with E-state index in [2.05, 4.69) is 5.10 Å². The van der Waals surface area contributed by atoms with Crippen molar-refractivity contribution in [3.8, 4) is 0 Å². The monoisotopic (exact) mass is 371 g/mol. The van der Waals surface area contributed by atoms with Crippen LogP contribution in [0.3, 0.4) is 0 Å². The van der Waals surface area contributed by atoms with Gasteiger partial charge in [-0.05, 0) is 17.7 Å². The van der Waals surface area contributed by atoms with Gasteiger partial charge in [-0.25, -0.2) is 4.68 Å². The maximum atomic E-state index is 12.6. The second-order valence-electron chi connectivity index (χ2n) is 6.11. The van der Waals surface area contributed by atoms with Gasteiger partial charge in [-0.1, -0.05) is 41.9 Å². The van der Waals surface area contributed by atoms with Crippen LogP contribution in [-0.2, 0) is 11.3 Å². The number of morpholine rings is 1. The molecule has 134 valence electrons. The Morgan fingerprint density at radius 3 is 2.81 bits per heavy atom. The zero-order chi connectivity index (χ0) is 17.9. The first-order valence-corrected chi connectivity index (χ1v) is 8.79. The normalized spacial score (nSPS) is 17.4. The number of anilines is 1. The van der Waals surface area contributed by atoms with Crippen LogP contribution in [0.4, 0.5) is 5.69 Å². The molecule has 0 radical (unpaired) electrons. The number of furan rings is 1. The second kappa shape index (κ2) is 7.35. The zero-order valence-corrected chi connectivity index (χ0v) is 14.8. The van der Waals surface area contributed by atoms with Crippen LogP contribution in [0.15, 0.2) is 64.1 Å². The first-order chi connectivity index (χ1) is 12.7. The molecule has 1 fully saturated rings. The molecule has 0 spiro atoms. The van der Waals surface area contributed by atoms with Gasteiger partial charge in [-0.3, -0.25) is 4.79 Å². The molecule has 7 heteroatoms. The maximum absolute atomic E-state index is 12.6. The SMILES string of the molecule is O=c1c(Cl)c(N2CCOC(c3ccco3)C2)cnn1Cc1ccccc1. The molecule has 1 aromatic carbocycles. The van der Waals surface area contributed by atoms with Crippen LogP contribution in [0.1, 0.15) is 17.4 Å². The quantitative estimate of drug-likeness (QED) is 0.705. The lowest BCUT2D eigenvalue weighted by Gasteiger charge is -2.33. The van der Waals surface area contributed by atoms with Gasteiger partial charge in [-0.2, -0.15) is 5.10 Å². The van der Waals surface area contributed by atoms with Gasteiger partial charge >= 0.3 is 0 Å². The summed E-state index contributed by atoms with van der Waals surface area (Å²) in [5, 5.41) is 4.49. The topological polar surface area (TPSA) is 60.5 Å². The van der Waals surface area contributed by atoms with Gasteiger partial charge in [0.05, 0.1) is 37.8 Å². The van der Waals surface area contributed by atoms with Gasteiger partial charge in [0.1, 0.15) is 16.9 Å². The molecule has 3 aromatic rings. The summed E-state index contributed by atoms with van der Waals surface area (Å²) in [6.07, 6.45) is 3.08. The second-order valence-corrected chi connectivity index (χ2v) is 6.49. The van der Waals surface area contributed by atoms with E-state index in [1.807, 2.05) is 47.4 Å². The lowest BCUT2D eigenvalue weighted by Crippen LogP contribution is -2.39. The fourth-order valence-electron chi connectivity index (χ4n) is 3.06. The van der Waals surface area contributed by atoms with Crippen molar-refractivity contribution in [2.24, 2.45) is 0 Å². The minimum atomic E-state index is -0.297. The first-order valence-electron chi connectivity index (χ1n) is 8.42. The Bertz CT molecular complexity index is 925. The van der Waals surface area contributed by atoms with Crippen molar-refractivity contribution < 1.29 is 9.15 Å². The van der Waals surface area contributed by atoms with Crippen LogP contribution in [0.5, 0.6) is 0 Å². The predicted molar refractivity (Wildman–Crippen MR) is 98.7 cm³/mol. The summed E-state index contributed by atoms with van der Waals surface area (Å²) in [7, 11) is 0. The smallest absolute Gasteiger partial charge is 0.287 e. The third-order valence-corrected chi connectivity index (χ3v) is 4.76. The number of nitrogens with zero attached hydrogens (tertiary/aromatic N) is 3. The van der Waals surface area contributed by atoms with E-state index in [9.17, 15) is 4.79 Å². The van der Waals surface area contributed by atoms with E-state index in [1.165, 1.54) is 4.68 Å². The third-order valence-electron chi connectivity index (χ3n) is 4.41. The third kappa shape index (κ3) is 3.38. The number of hydrogen-bond donors (Lipinski definition) is 0. The van der Waals surface area contributed by atoms with E-state index in [1.54, 1.807) is 12.5 Å². The van der Waals surface area contributed by atoms with Crippen molar-refractivity contribution in [2.45, 2.75) is 12.6 Å². The number of hydrogen-bond acceptors (Lipinski definition) is 5. The highest BCUT2D eigenvalue weighted by Crippen LogP contribution is 2.28. The molecule has 1 unspecified atom stereocenters. The molecule has 26 heavy (non-hydrogen) atoms. The number of halogens is 1. The molecule has 1 atom stereocenters. The highest BCUT2D eigenvalue weighted by atomic mass is 35.5. The van der Waals surface area contributed by atoms with Gasteiger partial charge in [0.25, 0.3) is 5.56 Å². The molecule has 1 aliphatic rings. The van der Waals surface area contributed by atoms with E-state index < -0.39 is 0 Å². The van der Waals surface area contributed by atoms with Crippen molar-refractivity contribution in [1.29, 1.82) is 0 Å². The summed E-state index contributed by atoms with van der Waals surface area (Å²) in [5.41, 5.74) is 1.32. The molecule has 0 N–H and O–H groups in total. The van der Waals surface area contributed by atoms with E-state index in [0.29, 0.717) is 31.9 Å². The van der Waals surface area contributed by atoms with E-state index in [4.69, 9.17) is 20.8 Å². The summed E-state index contributed by atoms with van der Waals surface area (Å²) < 4.78 is 12.6. The van der Waals surface area contributed by atoms with Crippen molar-refractivity contribution in [3.05, 3.63) is 81.6 Å². The van der Waals surface area contributed by atoms with E-state index in [-0.39, 0.29) is 16.7 Å². The average molecular weight is 372 g/mol. The zero-order valence-electron chi connectivity index (χ0n) is 14.0. The van der Waals surface area contributed by atoms with Crippen LogP contribution in [0.25, 0.3) is 0 Å². The standard InChI is InChI=1S/C19H18ClN3O3/c20-18-15(22-8-10-26-17(13-22)16-7-4-9-25-16)11-21-23(19(18)24)12-14-5-2-1-3-6-14/h1-7,9,11,17H,8,10,12-13H2. The number of aromatic nitrogens is 2. The first kappa shape index (κ1) is 16.9. The summed E-state index contributed by atoms with van der Waals surface area (Å²) in [5.74, 6) is 0.760. The highest BCUT2D eigenvalue weighted by Gasteiger charge is 2.26. The fourth-order valence-corrected chi connectivity index (χ4v) is 3.33. The average Bonchev–Trinajstić information content (AvgIpc) is 3.21. The van der Waals surface area contributed by atoms with Crippen molar-refractivity contribution in [1.82, 2.24) is 9.78 Å². The highest BCUT2D eigenvalue weighted by molar-refractivity contribution is 6.33. The Kier molecular flexibility index (Phi) is 4.77. The molecule has 0 aliphatic carbocycles. The summed E-state index contributed by atoms with van der Waals surface area (Å²) in [4.78, 5) is 14.7. The minimum absolute atomic E-state index is 0.177. The number of rotatable bonds is 4. The fraction of sp³-hybridized carbons (Fsp3) is 0.263. The molecule has 0 bridgehead atoms. The lowest BCUT2D eigenvalue weighted by atomic mass is 10.2. The van der Waals surface area contributed by atoms with E-state index >= 15 is 0 Å². The molecule has 4 rings (SSSR count). The van der Waals surface area contributed by atoms with Crippen LogP contribution < -0.4 is 10.5 Å². The molecular formula is C19H18ClN3O3. The Balaban J connectivity index is 1.57. The molecule has 0 saturated carbocycles. The van der Waals surface area contributed by atoms with Crippen LogP contribution in [-0.4, -0.2) is 29.5 Å². The molecule has 0 amide bonds. The Morgan fingerprint density at radius 2 is 2.04 bits per heavy atom. The molecular weight excluding hydrogens is 354 g/mol. The summed E-state index contributed by atoms with van der Waals surface area (Å²) in [6.45, 7) is 2.10. The van der Waals surface area contributed by atoms with Crippen LogP contribution >= 0.6 is 11.6 Å². The largest absolute Gasteiger partial charge is 0.467 e. The molecule has 1 saturated heterocycles. The van der Waals surface area contributed by atoms with Crippen molar-refractivity contribution >= 4 is 17.3 Å². The van der Waals surface area contributed by atoms with Crippen molar-refractivity contribution in [2.75, 3.05) is 24.6 Å². The molecule has 1 aliphatic heterocycles. The van der Waals surface area contributed by atoms with E-state index in [0.717, 1.165) is 11.3 Å². The molecule has 6 nitrogen and oxygen atoms in total. The lowest BCUT2D eigenvalue weighted by molar-refractivity contribution is 0.0257. The minimum Gasteiger partial charge on any atom is -0.467 e. The van der Waals surface area contributed by atoms with Gasteiger partial charge in [0.2, 0.25) is 0 Å². The van der Waals surface area contributed by atoms with Gasteiger partial charge < -0.3 is 14.1 Å². The molecule has 3 heterocycles. The van der Waals surface area contributed by atoms with Gasteiger partial charge in [0, 0.05) is 6.54 Å². The predicted octanol–water partition coefficient (Wildman–Crippen LogP) is 3.12. The number of ether oxygens (including phenoxy) is 1. The van der Waals surface area contributed by atoms with Crippen LogP contribution in [0, 0.1) is 0 Å². The van der Waals surface area contributed by atoms with Crippen LogP contribution in [0.2, 0.25) is 5.02 Å². The Morgan fingerprint density at radius 1 is 1.19 bits per heavy atom. The maximum Gasteiger partial charge on any atom is 0.287 e. The molecule has 2 aromatic heterocycles. The number of benzene rings is 1. The van der Waals surface area contributed by atoms with Gasteiger partial charge in [-0.15, -0.1) is 0 Å². The van der Waals surface area contributed by atoms with Crippen molar-refractivity contribution in [3.63, 3.8) is 0 Å².